The van der Waals surface area contributed by atoms with Crippen molar-refractivity contribution in [1.29, 1.82) is 5.26 Å². The SMILES string of the molecule is CCOC(=O)[C@H]1CC[C@@H](Oc2ccc(-c3cc(F)c(-c4nc5cc(C#N)ccc5[nH]4)c(F)c3)cn2)CC1. The number of H-pyrrole nitrogens is 1. The quantitative estimate of drug-likeness (QED) is 0.327. The molecular formula is C28H24F2N4O3. The third-order valence-corrected chi connectivity index (χ3v) is 6.54. The highest BCUT2D eigenvalue weighted by Gasteiger charge is 2.28. The number of aromatic nitrogens is 3. The molecule has 0 saturated heterocycles. The highest BCUT2D eigenvalue weighted by Crippen LogP contribution is 2.32. The fourth-order valence-corrected chi connectivity index (χ4v) is 4.63. The van der Waals surface area contributed by atoms with Crippen LogP contribution in [0.5, 0.6) is 5.88 Å². The summed E-state index contributed by atoms with van der Waals surface area (Å²) in [6.07, 6.45) is 4.33. The lowest BCUT2D eigenvalue weighted by Crippen LogP contribution is -2.29. The fourth-order valence-electron chi connectivity index (χ4n) is 4.63. The Kier molecular flexibility index (Phi) is 6.82. The number of benzene rings is 2. The van der Waals surface area contributed by atoms with Crippen molar-refractivity contribution in [1.82, 2.24) is 15.0 Å². The largest absolute Gasteiger partial charge is 0.474 e. The van der Waals surface area contributed by atoms with Gasteiger partial charge in [-0.05, 0) is 74.6 Å². The number of esters is 1. The number of hydrogen-bond acceptors (Lipinski definition) is 6. The third kappa shape index (κ3) is 5.14. The molecule has 4 aromatic rings. The van der Waals surface area contributed by atoms with Crippen LogP contribution in [-0.4, -0.2) is 33.6 Å². The Bertz CT molecular complexity index is 1460. The molecule has 1 fully saturated rings. The van der Waals surface area contributed by atoms with Crippen LogP contribution in [0.1, 0.15) is 38.2 Å². The van der Waals surface area contributed by atoms with Crippen LogP contribution in [0.4, 0.5) is 8.78 Å². The number of nitriles is 1. The topological polar surface area (TPSA) is 101 Å². The van der Waals surface area contributed by atoms with Crippen molar-refractivity contribution in [3.05, 3.63) is 65.9 Å². The summed E-state index contributed by atoms with van der Waals surface area (Å²) in [5.41, 5.74) is 2.02. The fraction of sp³-hybridized carbons (Fsp3) is 0.286. The number of aromatic amines is 1. The van der Waals surface area contributed by atoms with E-state index in [2.05, 4.69) is 15.0 Å². The standard InChI is InChI=1S/C28H24F2N4O3/c1-2-36-28(35)17-4-7-20(8-5-17)37-25-10-6-18(15-32-25)19-12-21(29)26(22(30)13-19)27-33-23-9-3-16(14-31)11-24(23)34-27/h3,6,9-13,15,17,20H,2,4-5,7-8H2,1H3,(H,33,34)/t17-,20+. The zero-order chi connectivity index (χ0) is 25.9. The van der Waals surface area contributed by atoms with Crippen LogP contribution < -0.4 is 4.74 Å². The first-order valence-electron chi connectivity index (χ1n) is 12.1. The predicted molar refractivity (Wildman–Crippen MR) is 132 cm³/mol. The van der Waals surface area contributed by atoms with Crippen molar-refractivity contribution >= 4 is 17.0 Å². The van der Waals surface area contributed by atoms with Gasteiger partial charge in [-0.15, -0.1) is 0 Å². The Morgan fingerprint density at radius 3 is 2.49 bits per heavy atom. The Labute approximate surface area is 212 Å². The first-order valence-corrected chi connectivity index (χ1v) is 12.1. The molecule has 0 unspecified atom stereocenters. The first-order chi connectivity index (χ1) is 17.9. The zero-order valence-electron chi connectivity index (χ0n) is 20.1. The minimum absolute atomic E-state index is 0.0474. The van der Waals surface area contributed by atoms with Gasteiger partial charge in [-0.3, -0.25) is 4.79 Å². The molecule has 5 rings (SSSR count). The number of carbonyl (C=O) groups excluding carboxylic acids is 1. The van der Waals surface area contributed by atoms with Gasteiger partial charge in [0.15, 0.2) is 0 Å². The maximum Gasteiger partial charge on any atom is 0.308 e. The molecule has 1 aliphatic carbocycles. The molecule has 0 radical (unpaired) electrons. The second-order valence-corrected chi connectivity index (χ2v) is 8.97. The van der Waals surface area contributed by atoms with E-state index in [-0.39, 0.29) is 29.4 Å². The second-order valence-electron chi connectivity index (χ2n) is 8.97. The summed E-state index contributed by atoms with van der Waals surface area (Å²) in [6, 6.07) is 12.7. The average Bonchev–Trinajstić information content (AvgIpc) is 3.32. The van der Waals surface area contributed by atoms with E-state index in [9.17, 15) is 4.79 Å². The van der Waals surface area contributed by atoms with Gasteiger partial charge in [-0.25, -0.2) is 18.7 Å². The van der Waals surface area contributed by atoms with E-state index in [1.807, 2.05) is 6.07 Å². The highest BCUT2D eigenvalue weighted by atomic mass is 19.1. The molecule has 0 bridgehead atoms. The molecule has 9 heteroatoms. The van der Waals surface area contributed by atoms with E-state index in [0.29, 0.717) is 53.1 Å². The van der Waals surface area contributed by atoms with Gasteiger partial charge in [0.05, 0.1) is 40.8 Å². The number of fused-ring (bicyclic) bond motifs is 1. The van der Waals surface area contributed by atoms with Crippen molar-refractivity contribution in [2.45, 2.75) is 38.7 Å². The predicted octanol–water partition coefficient (Wildman–Crippen LogP) is 5.94. The summed E-state index contributed by atoms with van der Waals surface area (Å²) in [6.45, 7) is 2.18. The monoisotopic (exact) mass is 502 g/mol. The number of imidazole rings is 1. The van der Waals surface area contributed by atoms with E-state index in [1.165, 1.54) is 18.3 Å². The number of ether oxygens (including phenoxy) is 2. The normalized spacial score (nSPS) is 17.4. The lowest BCUT2D eigenvalue weighted by atomic mass is 9.87. The maximum atomic E-state index is 15.1. The molecule has 2 heterocycles. The van der Waals surface area contributed by atoms with Gasteiger partial charge in [-0.2, -0.15) is 5.26 Å². The summed E-state index contributed by atoms with van der Waals surface area (Å²) >= 11 is 0. The Morgan fingerprint density at radius 2 is 1.84 bits per heavy atom. The molecule has 1 saturated carbocycles. The lowest BCUT2D eigenvalue weighted by Gasteiger charge is -2.27. The van der Waals surface area contributed by atoms with Gasteiger partial charge in [-0.1, -0.05) is 0 Å². The highest BCUT2D eigenvalue weighted by molar-refractivity contribution is 5.81. The van der Waals surface area contributed by atoms with Gasteiger partial charge >= 0.3 is 5.97 Å². The Balaban J connectivity index is 1.29. The number of rotatable bonds is 6. The molecule has 0 amide bonds. The molecule has 188 valence electrons. The Morgan fingerprint density at radius 1 is 1.08 bits per heavy atom. The average molecular weight is 503 g/mol. The van der Waals surface area contributed by atoms with E-state index < -0.39 is 11.6 Å². The van der Waals surface area contributed by atoms with Crippen molar-refractivity contribution in [2.75, 3.05) is 6.61 Å². The van der Waals surface area contributed by atoms with Gasteiger partial charge in [0.25, 0.3) is 0 Å². The molecule has 1 aliphatic rings. The number of nitrogens with one attached hydrogen (secondary N) is 1. The second kappa shape index (κ2) is 10.3. The zero-order valence-corrected chi connectivity index (χ0v) is 20.1. The third-order valence-electron chi connectivity index (χ3n) is 6.54. The van der Waals surface area contributed by atoms with E-state index in [0.717, 1.165) is 12.8 Å². The minimum atomic E-state index is -0.770. The van der Waals surface area contributed by atoms with Crippen LogP contribution in [0.2, 0.25) is 0 Å². The van der Waals surface area contributed by atoms with Gasteiger partial charge in [0.1, 0.15) is 23.6 Å². The summed E-state index contributed by atoms with van der Waals surface area (Å²) in [4.78, 5) is 23.4. The van der Waals surface area contributed by atoms with Crippen molar-refractivity contribution < 1.29 is 23.0 Å². The van der Waals surface area contributed by atoms with Gasteiger partial charge in [0, 0.05) is 17.8 Å². The number of pyridine rings is 1. The molecule has 2 aromatic carbocycles. The van der Waals surface area contributed by atoms with E-state index in [4.69, 9.17) is 14.7 Å². The van der Waals surface area contributed by atoms with Crippen LogP contribution in [0.15, 0.2) is 48.7 Å². The van der Waals surface area contributed by atoms with Gasteiger partial charge in [0.2, 0.25) is 5.88 Å². The number of carbonyl (C=O) groups is 1. The van der Waals surface area contributed by atoms with Crippen molar-refractivity contribution in [3.63, 3.8) is 0 Å². The first kappa shape index (κ1) is 24.4. The number of hydrogen-bond donors (Lipinski definition) is 1. The van der Waals surface area contributed by atoms with Crippen LogP contribution in [0.3, 0.4) is 0 Å². The van der Waals surface area contributed by atoms with E-state index in [1.54, 1.807) is 37.3 Å². The van der Waals surface area contributed by atoms with Gasteiger partial charge < -0.3 is 14.5 Å². The molecular weight excluding hydrogens is 478 g/mol. The molecule has 2 aromatic heterocycles. The van der Waals surface area contributed by atoms with Crippen molar-refractivity contribution in [3.8, 4) is 34.5 Å². The Hall–Kier alpha value is -4.32. The molecule has 1 N–H and O–H groups in total. The molecule has 0 atom stereocenters. The summed E-state index contributed by atoms with van der Waals surface area (Å²) in [5, 5.41) is 9.05. The molecule has 7 nitrogen and oxygen atoms in total. The van der Waals surface area contributed by atoms with Crippen LogP contribution in [-0.2, 0) is 9.53 Å². The lowest BCUT2D eigenvalue weighted by molar-refractivity contribution is -0.149. The minimum Gasteiger partial charge on any atom is -0.474 e. The number of nitrogens with zero attached hydrogens (tertiary/aromatic N) is 3. The molecule has 0 aliphatic heterocycles. The summed E-state index contributed by atoms with van der Waals surface area (Å²) in [5.74, 6) is -1.31. The smallest absolute Gasteiger partial charge is 0.308 e. The van der Waals surface area contributed by atoms with E-state index >= 15 is 8.78 Å². The molecule has 37 heavy (non-hydrogen) atoms. The summed E-state index contributed by atoms with van der Waals surface area (Å²) < 4.78 is 41.2. The summed E-state index contributed by atoms with van der Waals surface area (Å²) in [7, 11) is 0. The van der Waals surface area contributed by atoms with Crippen LogP contribution >= 0.6 is 0 Å². The number of halogens is 2. The van der Waals surface area contributed by atoms with Crippen molar-refractivity contribution in [2.24, 2.45) is 5.92 Å². The van der Waals surface area contributed by atoms with Crippen LogP contribution in [0.25, 0.3) is 33.5 Å². The molecule has 0 spiro atoms. The van der Waals surface area contributed by atoms with Crippen LogP contribution in [0, 0.1) is 28.9 Å². The maximum absolute atomic E-state index is 15.1.